The standard InChI is InChI=1S/C11H12N6O/c1-6-4-2-3-5-7(6)14-10-8(9(12)18)16-17-11(13)15-10/h2-5H,1H3,(H2,12,18)(H3,13,14,15,17). The van der Waals surface area contributed by atoms with Gasteiger partial charge in [0.25, 0.3) is 5.91 Å². The van der Waals surface area contributed by atoms with Crippen LogP contribution in [0.4, 0.5) is 17.5 Å². The quantitative estimate of drug-likeness (QED) is 0.727. The van der Waals surface area contributed by atoms with Crippen molar-refractivity contribution in [2.24, 2.45) is 5.73 Å². The molecule has 7 nitrogen and oxygen atoms in total. The molecule has 0 saturated carbocycles. The summed E-state index contributed by atoms with van der Waals surface area (Å²) in [5.41, 5.74) is 12.4. The van der Waals surface area contributed by atoms with Crippen LogP contribution in [0.5, 0.6) is 0 Å². The second-order valence-electron chi connectivity index (χ2n) is 3.67. The highest BCUT2D eigenvalue weighted by Gasteiger charge is 2.14. The minimum Gasteiger partial charge on any atom is -0.366 e. The lowest BCUT2D eigenvalue weighted by molar-refractivity contribution is 0.0995. The van der Waals surface area contributed by atoms with E-state index in [1.54, 1.807) is 0 Å². The maximum absolute atomic E-state index is 11.2. The number of hydrogen-bond donors (Lipinski definition) is 3. The molecule has 1 amide bonds. The smallest absolute Gasteiger partial charge is 0.273 e. The summed E-state index contributed by atoms with van der Waals surface area (Å²) < 4.78 is 0. The van der Waals surface area contributed by atoms with Crippen LogP contribution < -0.4 is 16.8 Å². The Labute approximate surface area is 103 Å². The first-order valence-corrected chi connectivity index (χ1v) is 5.20. The first kappa shape index (κ1) is 11.8. The van der Waals surface area contributed by atoms with Crippen LogP contribution in [0.15, 0.2) is 24.3 Å². The van der Waals surface area contributed by atoms with Gasteiger partial charge in [-0.3, -0.25) is 4.79 Å². The number of aryl methyl sites for hydroxylation is 1. The van der Waals surface area contributed by atoms with Crippen LogP contribution in [0, 0.1) is 6.92 Å². The number of nitrogens with two attached hydrogens (primary N) is 2. The van der Waals surface area contributed by atoms with E-state index in [9.17, 15) is 4.79 Å². The molecule has 0 aliphatic rings. The van der Waals surface area contributed by atoms with E-state index in [1.165, 1.54) is 0 Å². The van der Waals surface area contributed by atoms with Crippen LogP contribution in [-0.2, 0) is 0 Å². The molecule has 18 heavy (non-hydrogen) atoms. The highest BCUT2D eigenvalue weighted by Crippen LogP contribution is 2.20. The Balaban J connectivity index is 2.42. The lowest BCUT2D eigenvalue weighted by Crippen LogP contribution is -2.18. The number of carbonyl (C=O) groups is 1. The Morgan fingerprint density at radius 2 is 2.00 bits per heavy atom. The third kappa shape index (κ3) is 2.34. The molecule has 0 fully saturated rings. The van der Waals surface area contributed by atoms with Gasteiger partial charge in [0.15, 0.2) is 11.5 Å². The topological polar surface area (TPSA) is 120 Å². The van der Waals surface area contributed by atoms with Gasteiger partial charge in [0, 0.05) is 5.69 Å². The van der Waals surface area contributed by atoms with Crippen LogP contribution in [0.3, 0.4) is 0 Å². The summed E-state index contributed by atoms with van der Waals surface area (Å²) in [6.07, 6.45) is 0. The average molecular weight is 244 g/mol. The largest absolute Gasteiger partial charge is 0.366 e. The molecule has 0 spiro atoms. The van der Waals surface area contributed by atoms with Crippen LogP contribution in [0.2, 0.25) is 0 Å². The van der Waals surface area contributed by atoms with Gasteiger partial charge in [-0.2, -0.15) is 4.98 Å². The molecule has 0 radical (unpaired) electrons. The maximum Gasteiger partial charge on any atom is 0.273 e. The number of nitrogens with one attached hydrogen (secondary N) is 1. The fourth-order valence-corrected chi connectivity index (χ4v) is 1.43. The van der Waals surface area contributed by atoms with E-state index >= 15 is 0 Å². The van der Waals surface area contributed by atoms with Gasteiger partial charge in [-0.05, 0) is 18.6 Å². The summed E-state index contributed by atoms with van der Waals surface area (Å²) in [5, 5.41) is 10.1. The van der Waals surface area contributed by atoms with Crippen LogP contribution in [0.25, 0.3) is 0 Å². The van der Waals surface area contributed by atoms with Crippen LogP contribution in [0.1, 0.15) is 16.1 Å². The zero-order valence-electron chi connectivity index (χ0n) is 9.71. The van der Waals surface area contributed by atoms with Crippen molar-refractivity contribution in [3.8, 4) is 0 Å². The molecular weight excluding hydrogens is 232 g/mol. The van der Waals surface area contributed by atoms with E-state index in [4.69, 9.17) is 11.5 Å². The maximum atomic E-state index is 11.2. The minimum absolute atomic E-state index is 0.0314. The van der Waals surface area contributed by atoms with Crippen molar-refractivity contribution >= 4 is 23.4 Å². The Kier molecular flexibility index (Phi) is 3.05. The molecule has 92 valence electrons. The Hall–Kier alpha value is -2.70. The van der Waals surface area contributed by atoms with Gasteiger partial charge in [-0.1, -0.05) is 18.2 Å². The van der Waals surface area contributed by atoms with Crippen molar-refractivity contribution in [3.05, 3.63) is 35.5 Å². The number of anilines is 3. The number of aromatic nitrogens is 3. The van der Waals surface area contributed by atoms with Gasteiger partial charge in [0.2, 0.25) is 5.95 Å². The fraction of sp³-hybridized carbons (Fsp3) is 0.0909. The van der Waals surface area contributed by atoms with Gasteiger partial charge in [0.05, 0.1) is 0 Å². The van der Waals surface area contributed by atoms with Crippen LogP contribution in [-0.4, -0.2) is 21.1 Å². The van der Waals surface area contributed by atoms with Crippen molar-refractivity contribution in [1.82, 2.24) is 15.2 Å². The molecule has 1 heterocycles. The predicted octanol–water partition coefficient (Wildman–Crippen LogP) is 0.605. The molecule has 0 atom stereocenters. The predicted molar refractivity (Wildman–Crippen MR) is 67.2 cm³/mol. The summed E-state index contributed by atoms with van der Waals surface area (Å²) >= 11 is 0. The molecule has 1 aromatic heterocycles. The average Bonchev–Trinajstić information content (AvgIpc) is 2.32. The number of para-hydroxylation sites is 1. The van der Waals surface area contributed by atoms with Crippen molar-refractivity contribution < 1.29 is 4.79 Å². The highest BCUT2D eigenvalue weighted by atomic mass is 16.1. The number of rotatable bonds is 3. The number of carbonyl (C=O) groups excluding carboxylic acids is 1. The SMILES string of the molecule is Cc1ccccc1Nc1nc(N)nnc1C(N)=O. The van der Waals surface area contributed by atoms with Gasteiger partial charge < -0.3 is 16.8 Å². The van der Waals surface area contributed by atoms with Gasteiger partial charge in [0.1, 0.15) is 0 Å². The van der Waals surface area contributed by atoms with E-state index in [0.29, 0.717) is 0 Å². The molecule has 1 aromatic carbocycles. The lowest BCUT2D eigenvalue weighted by atomic mass is 10.2. The Bertz CT molecular complexity index is 598. The van der Waals surface area contributed by atoms with Crippen molar-refractivity contribution in [2.75, 3.05) is 11.1 Å². The second kappa shape index (κ2) is 4.66. The molecule has 7 heteroatoms. The number of nitrogens with zero attached hydrogens (tertiary/aromatic N) is 3. The summed E-state index contributed by atoms with van der Waals surface area (Å²) in [6, 6.07) is 7.53. The van der Waals surface area contributed by atoms with Crippen molar-refractivity contribution in [2.45, 2.75) is 6.92 Å². The van der Waals surface area contributed by atoms with Gasteiger partial charge in [-0.15, -0.1) is 10.2 Å². The summed E-state index contributed by atoms with van der Waals surface area (Å²) in [5.74, 6) is -0.550. The Morgan fingerprint density at radius 3 is 2.67 bits per heavy atom. The number of benzene rings is 1. The van der Waals surface area contributed by atoms with Gasteiger partial charge in [-0.25, -0.2) is 0 Å². The summed E-state index contributed by atoms with van der Waals surface area (Å²) in [6.45, 7) is 1.92. The Morgan fingerprint density at radius 1 is 1.28 bits per heavy atom. The van der Waals surface area contributed by atoms with E-state index in [-0.39, 0.29) is 17.5 Å². The summed E-state index contributed by atoms with van der Waals surface area (Å²) in [4.78, 5) is 15.1. The molecule has 0 unspecified atom stereocenters. The minimum atomic E-state index is -0.717. The molecule has 0 saturated heterocycles. The fourth-order valence-electron chi connectivity index (χ4n) is 1.43. The highest BCUT2D eigenvalue weighted by molar-refractivity contribution is 5.96. The lowest BCUT2D eigenvalue weighted by Gasteiger charge is -2.10. The molecule has 2 aromatic rings. The van der Waals surface area contributed by atoms with E-state index < -0.39 is 5.91 Å². The molecule has 0 aliphatic heterocycles. The van der Waals surface area contributed by atoms with Crippen molar-refractivity contribution in [1.29, 1.82) is 0 Å². The normalized spacial score (nSPS) is 10.1. The van der Waals surface area contributed by atoms with Gasteiger partial charge >= 0.3 is 0 Å². The van der Waals surface area contributed by atoms with E-state index in [0.717, 1.165) is 11.3 Å². The second-order valence-corrected chi connectivity index (χ2v) is 3.67. The number of amides is 1. The third-order valence-electron chi connectivity index (χ3n) is 2.33. The molecule has 2 rings (SSSR count). The van der Waals surface area contributed by atoms with Crippen molar-refractivity contribution in [3.63, 3.8) is 0 Å². The van der Waals surface area contributed by atoms with E-state index in [2.05, 4.69) is 20.5 Å². The zero-order valence-corrected chi connectivity index (χ0v) is 9.71. The molecule has 0 aliphatic carbocycles. The van der Waals surface area contributed by atoms with E-state index in [1.807, 2.05) is 31.2 Å². The number of hydrogen-bond acceptors (Lipinski definition) is 6. The summed E-state index contributed by atoms with van der Waals surface area (Å²) in [7, 11) is 0. The number of primary amides is 1. The molecule has 5 N–H and O–H groups in total. The third-order valence-corrected chi connectivity index (χ3v) is 2.33. The number of nitrogen functional groups attached to an aromatic ring is 1. The monoisotopic (exact) mass is 244 g/mol. The van der Waals surface area contributed by atoms with Crippen LogP contribution >= 0.6 is 0 Å². The molecule has 0 bridgehead atoms. The zero-order chi connectivity index (χ0) is 13.1. The first-order chi connectivity index (χ1) is 8.58. The molecular formula is C11H12N6O. The first-order valence-electron chi connectivity index (χ1n) is 5.20.